The highest BCUT2D eigenvalue weighted by Gasteiger charge is 2.73. The zero-order chi connectivity index (χ0) is 24.7. The van der Waals surface area contributed by atoms with Crippen LogP contribution in [0, 0.1) is 11.8 Å². The van der Waals surface area contributed by atoms with Crippen LogP contribution in [0.1, 0.15) is 24.5 Å². The van der Waals surface area contributed by atoms with E-state index >= 15 is 0 Å². The first kappa shape index (κ1) is 23.9. The van der Waals surface area contributed by atoms with Crippen LogP contribution in [0.4, 0.5) is 0 Å². The topological polar surface area (TPSA) is 79.3 Å². The van der Waals surface area contributed by atoms with Crippen LogP contribution >= 0.6 is 23.4 Å². The van der Waals surface area contributed by atoms with Crippen molar-refractivity contribution in [3.05, 3.63) is 70.7 Å². The van der Waals surface area contributed by atoms with Crippen LogP contribution < -0.4 is 0 Å². The van der Waals surface area contributed by atoms with Crippen LogP contribution in [0.2, 0.25) is 5.02 Å². The number of esters is 1. The first-order valence-electron chi connectivity index (χ1n) is 11.6. The minimum Gasteiger partial charge on any atom is -0.467 e. The lowest BCUT2D eigenvalue weighted by Crippen LogP contribution is -2.59. The van der Waals surface area contributed by atoms with Crippen molar-refractivity contribution in [3.8, 4) is 0 Å². The summed E-state index contributed by atoms with van der Waals surface area (Å²) in [6.45, 7) is 2.42. The summed E-state index contributed by atoms with van der Waals surface area (Å²) in [4.78, 5) is 48.8. The van der Waals surface area contributed by atoms with Crippen LogP contribution in [0.15, 0.2) is 59.6 Å². The fraction of sp³-hybridized carbons (Fsp3) is 0.385. The van der Waals surface area contributed by atoms with Crippen LogP contribution in [0.3, 0.4) is 0 Å². The normalized spacial score (nSPS) is 27.2. The summed E-state index contributed by atoms with van der Waals surface area (Å²) < 4.78 is 5.26. The monoisotopic (exact) mass is 511 g/mol. The molecular weight excluding hydrogens is 486 g/mol. The first-order chi connectivity index (χ1) is 16.9. The van der Waals surface area contributed by atoms with Crippen molar-refractivity contribution in [3.63, 3.8) is 0 Å². The SMILES string of the molecule is CC[C@]1(C(=O)OC)[C@H]2C(=O)N(Cc3ccccc3)C(=O)[C@H]2[C@H]2CN=C(SCc3ccc(Cl)cc3)N21. The molecule has 0 spiro atoms. The summed E-state index contributed by atoms with van der Waals surface area (Å²) in [6.07, 6.45) is 0.329. The van der Waals surface area contributed by atoms with Gasteiger partial charge in [0.2, 0.25) is 11.8 Å². The molecule has 7 nitrogen and oxygen atoms in total. The highest BCUT2D eigenvalue weighted by Crippen LogP contribution is 2.54. The predicted molar refractivity (Wildman–Crippen MR) is 135 cm³/mol. The molecule has 0 N–H and O–H groups in total. The number of carbonyl (C=O) groups excluding carboxylic acids is 3. The molecule has 4 atom stereocenters. The van der Waals surface area contributed by atoms with E-state index < -0.39 is 23.3 Å². The van der Waals surface area contributed by atoms with E-state index in [9.17, 15) is 14.4 Å². The molecule has 35 heavy (non-hydrogen) atoms. The molecule has 2 saturated heterocycles. The van der Waals surface area contributed by atoms with Crippen LogP contribution in [-0.4, -0.2) is 58.0 Å². The van der Waals surface area contributed by atoms with Gasteiger partial charge in [-0.15, -0.1) is 0 Å². The second-order valence-electron chi connectivity index (χ2n) is 9.00. The van der Waals surface area contributed by atoms with E-state index in [-0.39, 0.29) is 24.4 Å². The minimum absolute atomic E-state index is 0.193. The average Bonchev–Trinajstić information content (AvgIpc) is 3.50. The van der Waals surface area contributed by atoms with Crippen molar-refractivity contribution in [1.29, 1.82) is 0 Å². The van der Waals surface area contributed by atoms with E-state index in [4.69, 9.17) is 21.3 Å². The van der Waals surface area contributed by atoms with Crippen LogP contribution in [-0.2, 0) is 31.4 Å². The lowest BCUT2D eigenvalue weighted by molar-refractivity contribution is -0.158. The van der Waals surface area contributed by atoms with Crippen molar-refractivity contribution < 1.29 is 19.1 Å². The Kier molecular flexibility index (Phi) is 6.36. The van der Waals surface area contributed by atoms with Gasteiger partial charge >= 0.3 is 5.97 Å². The largest absolute Gasteiger partial charge is 0.467 e. The number of nitrogens with zero attached hydrogens (tertiary/aromatic N) is 3. The summed E-state index contributed by atoms with van der Waals surface area (Å²) in [5, 5.41) is 1.33. The maximum atomic E-state index is 13.8. The lowest BCUT2D eigenvalue weighted by Gasteiger charge is -2.39. The lowest BCUT2D eigenvalue weighted by atomic mass is 9.78. The van der Waals surface area contributed by atoms with Crippen molar-refractivity contribution in [2.45, 2.75) is 37.2 Å². The molecule has 182 valence electrons. The van der Waals surface area contributed by atoms with Crippen molar-refractivity contribution in [1.82, 2.24) is 9.80 Å². The van der Waals surface area contributed by atoms with Crippen molar-refractivity contribution in [2.24, 2.45) is 16.8 Å². The summed E-state index contributed by atoms with van der Waals surface area (Å²) in [6, 6.07) is 16.6. The smallest absolute Gasteiger partial charge is 0.332 e. The fourth-order valence-corrected chi connectivity index (χ4v) is 6.92. The Morgan fingerprint density at radius 2 is 1.83 bits per heavy atom. The Hall–Kier alpha value is -2.84. The first-order valence-corrected chi connectivity index (χ1v) is 13.0. The number of hydrogen-bond donors (Lipinski definition) is 0. The number of amides is 2. The Bertz CT molecular complexity index is 1190. The molecule has 3 heterocycles. The molecule has 3 aliphatic rings. The zero-order valence-corrected chi connectivity index (χ0v) is 21.1. The number of aliphatic imine (C=N–C) groups is 1. The number of fused-ring (bicyclic) bond motifs is 3. The molecule has 3 aliphatic heterocycles. The maximum absolute atomic E-state index is 13.8. The number of ether oxygens (including phenoxy) is 1. The van der Waals surface area contributed by atoms with Gasteiger partial charge < -0.3 is 9.64 Å². The predicted octanol–water partition coefficient (Wildman–Crippen LogP) is 3.75. The summed E-state index contributed by atoms with van der Waals surface area (Å²) in [5.41, 5.74) is 0.657. The fourth-order valence-electron chi connectivity index (χ4n) is 5.70. The Morgan fingerprint density at radius 1 is 1.11 bits per heavy atom. The van der Waals surface area contributed by atoms with Gasteiger partial charge in [0.05, 0.1) is 38.1 Å². The molecule has 2 amide bonds. The number of benzene rings is 2. The quantitative estimate of drug-likeness (QED) is 0.434. The van der Waals surface area contributed by atoms with E-state index in [1.54, 1.807) is 0 Å². The number of hydrogen-bond acceptors (Lipinski definition) is 7. The maximum Gasteiger partial charge on any atom is 0.332 e. The number of imide groups is 1. The highest BCUT2D eigenvalue weighted by molar-refractivity contribution is 8.13. The average molecular weight is 512 g/mol. The van der Waals surface area contributed by atoms with Crippen LogP contribution in [0.25, 0.3) is 0 Å². The molecular formula is C26H26ClN3O4S. The van der Waals surface area contributed by atoms with Gasteiger partial charge in [-0.3, -0.25) is 19.5 Å². The number of thioether (sulfide) groups is 1. The van der Waals surface area contributed by atoms with Crippen LogP contribution in [0.5, 0.6) is 0 Å². The molecule has 0 unspecified atom stereocenters. The van der Waals surface area contributed by atoms with E-state index in [1.807, 2.05) is 66.4 Å². The van der Waals surface area contributed by atoms with Gasteiger partial charge in [-0.25, -0.2) is 4.79 Å². The van der Waals surface area contributed by atoms with Crippen molar-refractivity contribution >= 4 is 46.3 Å². The molecule has 0 radical (unpaired) electrons. The summed E-state index contributed by atoms with van der Waals surface area (Å²) >= 11 is 7.50. The molecule has 0 aliphatic carbocycles. The van der Waals surface area contributed by atoms with Gasteiger partial charge in [0.15, 0.2) is 10.7 Å². The number of methoxy groups -OCH3 is 1. The molecule has 2 fully saturated rings. The third-order valence-electron chi connectivity index (χ3n) is 7.30. The molecule has 5 rings (SSSR count). The Balaban J connectivity index is 1.47. The molecule has 0 saturated carbocycles. The summed E-state index contributed by atoms with van der Waals surface area (Å²) in [7, 11) is 1.33. The second kappa shape index (κ2) is 9.32. The van der Waals surface area contributed by atoms with Gasteiger partial charge in [-0.1, -0.05) is 72.8 Å². The third-order valence-corrected chi connectivity index (χ3v) is 8.61. The third kappa shape index (κ3) is 3.74. The van der Waals surface area contributed by atoms with Gasteiger partial charge in [-0.2, -0.15) is 0 Å². The van der Waals surface area contributed by atoms with Gasteiger partial charge in [0, 0.05) is 10.8 Å². The number of amidine groups is 1. The standard InChI is InChI=1S/C26H26ClN3O4S/c1-3-26(24(33)34-2)21-20(22(31)29(23(21)32)14-16-7-5-4-6-8-16)19-13-28-25(30(19)26)35-15-17-9-11-18(27)12-10-17/h4-12,19-21H,3,13-15H2,1-2H3/t19-,20+,21-,26-/m1/s1. The highest BCUT2D eigenvalue weighted by atomic mass is 35.5. The molecule has 9 heteroatoms. The summed E-state index contributed by atoms with van der Waals surface area (Å²) in [5.74, 6) is -1.87. The molecule has 0 aromatic heterocycles. The van der Waals surface area contributed by atoms with Gasteiger partial charge in [-0.05, 0) is 29.7 Å². The van der Waals surface area contributed by atoms with E-state index in [0.29, 0.717) is 28.9 Å². The Labute approximate surface area is 213 Å². The van der Waals surface area contributed by atoms with Crippen molar-refractivity contribution in [2.75, 3.05) is 13.7 Å². The van der Waals surface area contributed by atoms with E-state index in [2.05, 4.69) is 0 Å². The van der Waals surface area contributed by atoms with Gasteiger partial charge in [0.25, 0.3) is 0 Å². The number of rotatable bonds is 6. The van der Waals surface area contributed by atoms with E-state index in [0.717, 1.165) is 11.1 Å². The second-order valence-corrected chi connectivity index (χ2v) is 10.4. The molecule has 2 aromatic carbocycles. The molecule has 0 bridgehead atoms. The molecule has 2 aromatic rings. The zero-order valence-electron chi connectivity index (χ0n) is 19.5. The minimum atomic E-state index is -1.27. The number of carbonyl (C=O) groups is 3. The van der Waals surface area contributed by atoms with E-state index in [1.165, 1.54) is 23.8 Å². The number of likely N-dealkylation sites (tertiary alicyclic amines) is 1. The van der Waals surface area contributed by atoms with Gasteiger partial charge in [0.1, 0.15) is 0 Å². The Morgan fingerprint density at radius 3 is 2.49 bits per heavy atom. The number of halogens is 1.